The molecule has 0 spiro atoms. The van der Waals surface area contributed by atoms with Gasteiger partial charge in [0, 0.05) is 25.7 Å². The molecule has 17 heavy (non-hydrogen) atoms. The molecule has 1 unspecified atom stereocenters. The second kappa shape index (κ2) is 5.35. The molecule has 0 bridgehead atoms. The van der Waals surface area contributed by atoms with Crippen LogP contribution in [0.25, 0.3) is 0 Å². The van der Waals surface area contributed by atoms with Crippen LogP contribution in [0.5, 0.6) is 0 Å². The predicted molar refractivity (Wildman–Crippen MR) is 70.3 cm³/mol. The van der Waals surface area contributed by atoms with Gasteiger partial charge in [-0.3, -0.25) is 4.79 Å². The number of thiophene rings is 1. The zero-order valence-electron chi connectivity index (χ0n) is 9.49. The van der Waals surface area contributed by atoms with Gasteiger partial charge >= 0.3 is 0 Å². The molecule has 0 saturated carbocycles. The molecule has 2 heterocycles. The van der Waals surface area contributed by atoms with Crippen molar-refractivity contribution in [1.82, 2.24) is 4.90 Å². The molecule has 0 radical (unpaired) electrons. The van der Waals surface area contributed by atoms with Crippen LogP contribution >= 0.6 is 22.9 Å². The second-order valence-electron chi connectivity index (χ2n) is 4.27. The Morgan fingerprint density at radius 2 is 2.41 bits per heavy atom. The number of likely N-dealkylation sites (tertiary alicyclic amines) is 1. The van der Waals surface area contributed by atoms with E-state index < -0.39 is 0 Å². The van der Waals surface area contributed by atoms with E-state index in [0.29, 0.717) is 22.3 Å². The van der Waals surface area contributed by atoms with Crippen LogP contribution in [0.3, 0.4) is 0 Å². The first kappa shape index (κ1) is 12.8. The zero-order chi connectivity index (χ0) is 12.4. The number of nitrogens with zero attached hydrogens (tertiary/aromatic N) is 1. The van der Waals surface area contributed by atoms with E-state index in [-0.39, 0.29) is 11.9 Å². The van der Waals surface area contributed by atoms with Gasteiger partial charge in [0.25, 0.3) is 5.91 Å². The maximum absolute atomic E-state index is 12.2. The summed E-state index contributed by atoms with van der Waals surface area (Å²) in [6.07, 6.45) is 1.96. The minimum atomic E-state index is 0.0201. The van der Waals surface area contributed by atoms with Crippen molar-refractivity contribution in [3.8, 4) is 0 Å². The van der Waals surface area contributed by atoms with Gasteiger partial charge in [0.1, 0.15) is 0 Å². The molecule has 1 aliphatic rings. The molecule has 1 aromatic heterocycles. The maximum Gasteiger partial charge on any atom is 0.264 e. The van der Waals surface area contributed by atoms with Gasteiger partial charge in [-0.1, -0.05) is 11.6 Å². The van der Waals surface area contributed by atoms with Crippen molar-refractivity contribution in [3.63, 3.8) is 0 Å². The highest BCUT2D eigenvalue weighted by Crippen LogP contribution is 2.28. The predicted octanol–water partition coefficient (Wildman–Crippen LogP) is 1.42. The topological polar surface area (TPSA) is 72.4 Å². The number of amides is 1. The quantitative estimate of drug-likeness (QED) is 0.856. The van der Waals surface area contributed by atoms with Crippen LogP contribution in [0.1, 0.15) is 28.1 Å². The van der Waals surface area contributed by atoms with Gasteiger partial charge in [-0.2, -0.15) is 0 Å². The minimum absolute atomic E-state index is 0.0201. The fraction of sp³-hybridized carbons (Fsp3) is 0.545. The number of carbonyl (C=O) groups excluding carboxylic acids is 1. The van der Waals surface area contributed by atoms with E-state index in [2.05, 4.69) is 0 Å². The highest BCUT2D eigenvalue weighted by Gasteiger charge is 2.24. The van der Waals surface area contributed by atoms with E-state index in [1.807, 2.05) is 0 Å². The molecule has 1 aromatic rings. The number of carbonyl (C=O) groups is 1. The third-order valence-corrected chi connectivity index (χ3v) is 4.36. The van der Waals surface area contributed by atoms with E-state index in [4.69, 9.17) is 23.1 Å². The summed E-state index contributed by atoms with van der Waals surface area (Å²) in [7, 11) is 0. The number of rotatable bonds is 2. The average Bonchev–Trinajstić information content (AvgIpc) is 2.69. The molecule has 6 heteroatoms. The molecule has 0 aliphatic carbocycles. The summed E-state index contributed by atoms with van der Waals surface area (Å²) in [5, 5.41) is 0. The van der Waals surface area contributed by atoms with E-state index in [9.17, 15) is 4.79 Å². The lowest BCUT2D eigenvalue weighted by Crippen LogP contribution is -2.45. The molecule has 94 valence electrons. The first-order chi connectivity index (χ1) is 8.11. The lowest BCUT2D eigenvalue weighted by molar-refractivity contribution is 0.0713. The third-order valence-electron chi connectivity index (χ3n) is 2.93. The molecule has 1 aliphatic heterocycles. The lowest BCUT2D eigenvalue weighted by atomic mass is 10.1. The highest BCUT2D eigenvalue weighted by atomic mass is 35.5. The van der Waals surface area contributed by atoms with E-state index in [1.165, 1.54) is 11.3 Å². The second-order valence-corrected chi connectivity index (χ2v) is 5.92. The fourth-order valence-electron chi connectivity index (χ4n) is 2.00. The van der Waals surface area contributed by atoms with Crippen LogP contribution in [-0.4, -0.2) is 29.9 Å². The largest absolute Gasteiger partial charge is 0.336 e. The van der Waals surface area contributed by atoms with Gasteiger partial charge in [-0.05, 0) is 24.5 Å². The van der Waals surface area contributed by atoms with Gasteiger partial charge in [0.15, 0.2) is 0 Å². The summed E-state index contributed by atoms with van der Waals surface area (Å²) >= 11 is 7.30. The summed E-state index contributed by atoms with van der Waals surface area (Å²) in [5.41, 5.74) is 12.2. The first-order valence-corrected chi connectivity index (χ1v) is 6.84. The molecule has 1 fully saturated rings. The van der Waals surface area contributed by atoms with Crippen LogP contribution in [0.2, 0.25) is 4.34 Å². The van der Waals surface area contributed by atoms with Crippen molar-refractivity contribution in [3.05, 3.63) is 20.8 Å². The Bertz CT molecular complexity index is 421. The SMILES string of the molecule is NCc1cc(C(=O)N2CCCC(N)C2)sc1Cl. The summed E-state index contributed by atoms with van der Waals surface area (Å²) in [5.74, 6) is 0.0201. The number of hydrogen-bond acceptors (Lipinski definition) is 4. The van der Waals surface area contributed by atoms with E-state index in [1.54, 1.807) is 11.0 Å². The van der Waals surface area contributed by atoms with E-state index >= 15 is 0 Å². The molecule has 2 rings (SSSR count). The summed E-state index contributed by atoms with van der Waals surface area (Å²) < 4.78 is 0.608. The first-order valence-electron chi connectivity index (χ1n) is 5.65. The summed E-state index contributed by atoms with van der Waals surface area (Å²) in [4.78, 5) is 14.7. The smallest absolute Gasteiger partial charge is 0.264 e. The summed E-state index contributed by atoms with van der Waals surface area (Å²) in [6.45, 7) is 1.77. The molecule has 1 saturated heterocycles. The monoisotopic (exact) mass is 273 g/mol. The van der Waals surface area contributed by atoms with Crippen LogP contribution in [-0.2, 0) is 6.54 Å². The van der Waals surface area contributed by atoms with Crippen LogP contribution in [0.15, 0.2) is 6.07 Å². The Kier molecular flexibility index (Phi) is 4.04. The highest BCUT2D eigenvalue weighted by molar-refractivity contribution is 7.18. The maximum atomic E-state index is 12.2. The molecular weight excluding hydrogens is 258 g/mol. The third kappa shape index (κ3) is 2.80. The Balaban J connectivity index is 2.13. The lowest BCUT2D eigenvalue weighted by Gasteiger charge is -2.30. The Morgan fingerprint density at radius 1 is 1.65 bits per heavy atom. The number of nitrogens with two attached hydrogens (primary N) is 2. The van der Waals surface area contributed by atoms with Gasteiger partial charge in [0.2, 0.25) is 0 Å². The Morgan fingerprint density at radius 3 is 3.00 bits per heavy atom. The fourth-order valence-corrected chi connectivity index (χ4v) is 3.27. The number of hydrogen-bond donors (Lipinski definition) is 2. The normalized spacial score (nSPS) is 20.6. The standard InChI is InChI=1S/C11H16ClN3OS/c12-10-7(5-13)4-9(17-10)11(16)15-3-1-2-8(14)6-15/h4,8H,1-3,5-6,13-14H2. The van der Waals surface area contributed by atoms with Gasteiger partial charge in [-0.15, -0.1) is 11.3 Å². The van der Waals surface area contributed by atoms with Gasteiger partial charge in [-0.25, -0.2) is 0 Å². The van der Waals surface area contributed by atoms with Crippen molar-refractivity contribution in [2.24, 2.45) is 11.5 Å². The zero-order valence-corrected chi connectivity index (χ0v) is 11.1. The Hall–Kier alpha value is -0.620. The van der Waals surface area contributed by atoms with E-state index in [0.717, 1.165) is 24.9 Å². The van der Waals surface area contributed by atoms with Gasteiger partial charge in [0.05, 0.1) is 9.21 Å². The van der Waals surface area contributed by atoms with Crippen LogP contribution < -0.4 is 11.5 Å². The number of piperidine rings is 1. The van der Waals surface area contributed by atoms with Crippen molar-refractivity contribution < 1.29 is 4.79 Å². The Labute approximate surface area is 110 Å². The van der Waals surface area contributed by atoms with Crippen LogP contribution in [0, 0.1) is 0 Å². The van der Waals surface area contributed by atoms with Crippen LogP contribution in [0.4, 0.5) is 0 Å². The molecule has 4 N–H and O–H groups in total. The molecule has 1 atom stereocenters. The van der Waals surface area contributed by atoms with Crippen molar-refractivity contribution >= 4 is 28.8 Å². The summed E-state index contributed by atoms with van der Waals surface area (Å²) in [6, 6.07) is 1.88. The van der Waals surface area contributed by atoms with Gasteiger partial charge < -0.3 is 16.4 Å². The minimum Gasteiger partial charge on any atom is -0.336 e. The van der Waals surface area contributed by atoms with Crippen molar-refractivity contribution in [2.75, 3.05) is 13.1 Å². The molecule has 4 nitrogen and oxygen atoms in total. The van der Waals surface area contributed by atoms with Crippen molar-refractivity contribution in [2.45, 2.75) is 25.4 Å². The molecule has 1 amide bonds. The molecular formula is C11H16ClN3OS. The average molecular weight is 274 g/mol. The molecule has 0 aromatic carbocycles. The van der Waals surface area contributed by atoms with Crippen molar-refractivity contribution in [1.29, 1.82) is 0 Å². The number of halogens is 1.